The largest absolute Gasteiger partial charge is 0.508 e. The quantitative estimate of drug-likeness (QED) is 0.572. The van der Waals surface area contributed by atoms with Crippen molar-refractivity contribution in [3.63, 3.8) is 0 Å². The predicted octanol–water partition coefficient (Wildman–Crippen LogP) is 1.16. The molecule has 0 saturated carbocycles. The summed E-state index contributed by atoms with van der Waals surface area (Å²) < 4.78 is 0.830. The monoisotopic (exact) mass is 278 g/mol. The number of rotatable bonds is 4. The van der Waals surface area contributed by atoms with Crippen LogP contribution in [0.1, 0.15) is 13.8 Å². The van der Waals surface area contributed by atoms with Crippen LogP contribution in [0.25, 0.3) is 0 Å². The number of hydrogen-bond donors (Lipinski definition) is 3. The van der Waals surface area contributed by atoms with Gasteiger partial charge in [0.05, 0.1) is 19.1 Å². The summed E-state index contributed by atoms with van der Waals surface area (Å²) in [6, 6.07) is 7.01. The first-order valence-corrected chi connectivity index (χ1v) is 7.17. The molecule has 1 saturated heterocycles. The molecule has 1 aliphatic heterocycles. The van der Waals surface area contributed by atoms with Crippen LogP contribution in [0.2, 0.25) is 0 Å². The molecule has 1 aromatic rings. The van der Waals surface area contributed by atoms with Crippen LogP contribution in [0.15, 0.2) is 24.3 Å². The molecule has 0 aliphatic carbocycles. The maximum Gasteiger partial charge on any atom is 0.279 e. The molecule has 5 nitrogen and oxygen atoms in total. The molecular weight excluding hydrogens is 254 g/mol. The summed E-state index contributed by atoms with van der Waals surface area (Å²) in [7, 11) is 0. The number of amides is 1. The Balaban J connectivity index is 1.99. The topological polar surface area (TPSA) is 61.4 Å². The number of phenols is 1. The molecule has 1 amide bonds. The van der Waals surface area contributed by atoms with Gasteiger partial charge in [0.2, 0.25) is 0 Å². The van der Waals surface area contributed by atoms with E-state index in [0.717, 1.165) is 36.3 Å². The van der Waals surface area contributed by atoms with Crippen molar-refractivity contribution in [3.8, 4) is 5.75 Å². The average molecular weight is 278 g/mol. The van der Waals surface area contributed by atoms with Crippen LogP contribution < -0.4 is 10.6 Å². The molecule has 0 aromatic heterocycles. The first kappa shape index (κ1) is 14.8. The van der Waals surface area contributed by atoms with E-state index in [1.54, 1.807) is 24.3 Å². The third kappa shape index (κ3) is 3.49. The van der Waals surface area contributed by atoms with Crippen LogP contribution in [0, 0.1) is 0 Å². The second-order valence-electron chi connectivity index (χ2n) is 5.76. The van der Waals surface area contributed by atoms with E-state index in [1.165, 1.54) is 0 Å². The van der Waals surface area contributed by atoms with Crippen molar-refractivity contribution in [2.45, 2.75) is 19.9 Å². The number of nitrogens with one attached hydrogen (secondary N) is 2. The van der Waals surface area contributed by atoms with E-state index in [-0.39, 0.29) is 11.7 Å². The van der Waals surface area contributed by atoms with Crippen LogP contribution in [0.5, 0.6) is 5.75 Å². The lowest BCUT2D eigenvalue weighted by molar-refractivity contribution is -0.941. The Morgan fingerprint density at radius 2 is 1.90 bits per heavy atom. The second-order valence-corrected chi connectivity index (χ2v) is 5.76. The zero-order chi connectivity index (χ0) is 14.6. The fourth-order valence-corrected chi connectivity index (χ4v) is 2.73. The van der Waals surface area contributed by atoms with Gasteiger partial charge in [-0.15, -0.1) is 0 Å². The van der Waals surface area contributed by atoms with E-state index < -0.39 is 0 Å². The standard InChI is InChI=1S/C15H23N3O2/c1-12(2)18(9-7-16-8-10-18)11-15(20)17-13-3-5-14(19)6-4-13/h3-6,12,16H,7-11H2,1-2H3,(H-,17,19,20)/p+1. The van der Waals surface area contributed by atoms with E-state index in [4.69, 9.17) is 0 Å². The van der Waals surface area contributed by atoms with Crippen LogP contribution in [-0.2, 0) is 4.79 Å². The third-order valence-electron chi connectivity index (χ3n) is 4.17. The molecule has 0 unspecified atom stereocenters. The Morgan fingerprint density at radius 3 is 2.45 bits per heavy atom. The minimum absolute atomic E-state index is 0.0336. The summed E-state index contributed by atoms with van der Waals surface area (Å²) in [6.45, 7) is 8.76. The molecule has 110 valence electrons. The Bertz CT molecular complexity index is 451. The van der Waals surface area contributed by atoms with Crippen molar-refractivity contribution in [1.82, 2.24) is 5.32 Å². The number of quaternary nitrogens is 1. The first-order valence-electron chi connectivity index (χ1n) is 7.17. The third-order valence-corrected chi connectivity index (χ3v) is 4.17. The van der Waals surface area contributed by atoms with E-state index >= 15 is 0 Å². The smallest absolute Gasteiger partial charge is 0.279 e. The number of nitrogens with zero attached hydrogens (tertiary/aromatic N) is 1. The molecule has 2 rings (SSSR count). The SMILES string of the molecule is CC(C)[N+]1(CC(=O)Nc2ccc(O)cc2)CCNCC1. The van der Waals surface area contributed by atoms with Crippen molar-refractivity contribution < 1.29 is 14.4 Å². The summed E-state index contributed by atoms with van der Waals surface area (Å²) in [6.07, 6.45) is 0. The van der Waals surface area contributed by atoms with Gasteiger partial charge in [0.1, 0.15) is 5.75 Å². The number of anilines is 1. The number of aromatic hydroxyl groups is 1. The average Bonchev–Trinajstić information content (AvgIpc) is 2.42. The second kappa shape index (κ2) is 6.24. The van der Waals surface area contributed by atoms with Gasteiger partial charge >= 0.3 is 0 Å². The molecule has 0 spiro atoms. The van der Waals surface area contributed by atoms with E-state index in [9.17, 15) is 9.90 Å². The Hall–Kier alpha value is -1.59. The summed E-state index contributed by atoms with van der Waals surface area (Å²) in [4.78, 5) is 12.3. The van der Waals surface area contributed by atoms with Gasteiger partial charge in [-0.25, -0.2) is 0 Å². The molecule has 5 heteroatoms. The molecule has 20 heavy (non-hydrogen) atoms. The summed E-state index contributed by atoms with van der Waals surface area (Å²) in [5.41, 5.74) is 0.727. The van der Waals surface area contributed by atoms with Gasteiger partial charge in [0.25, 0.3) is 5.91 Å². The van der Waals surface area contributed by atoms with Gasteiger partial charge in [-0.2, -0.15) is 0 Å². The molecule has 0 atom stereocenters. The summed E-state index contributed by atoms with van der Waals surface area (Å²) >= 11 is 0. The molecule has 1 heterocycles. The van der Waals surface area contributed by atoms with Gasteiger partial charge in [0.15, 0.2) is 6.54 Å². The van der Waals surface area contributed by atoms with Crippen molar-refractivity contribution in [2.75, 3.05) is 38.0 Å². The van der Waals surface area contributed by atoms with Crippen LogP contribution in [-0.4, -0.2) is 54.3 Å². The maximum absolute atomic E-state index is 12.3. The number of piperazine rings is 1. The molecule has 3 N–H and O–H groups in total. The number of benzene rings is 1. The van der Waals surface area contributed by atoms with Crippen molar-refractivity contribution in [1.29, 1.82) is 0 Å². The number of hydrogen-bond acceptors (Lipinski definition) is 3. The van der Waals surface area contributed by atoms with Crippen LogP contribution >= 0.6 is 0 Å². The van der Waals surface area contributed by atoms with Gasteiger partial charge < -0.3 is 20.2 Å². The highest BCUT2D eigenvalue weighted by Crippen LogP contribution is 2.17. The number of carbonyl (C=O) groups excluding carboxylic acids is 1. The molecule has 1 fully saturated rings. The van der Waals surface area contributed by atoms with E-state index in [0.29, 0.717) is 12.6 Å². The molecule has 1 aliphatic rings. The summed E-state index contributed by atoms with van der Waals surface area (Å²) in [5, 5.41) is 15.5. The Kier molecular flexibility index (Phi) is 4.62. The normalized spacial score (nSPS) is 17.9. The Labute approximate surface area is 120 Å². The number of carbonyl (C=O) groups is 1. The van der Waals surface area contributed by atoms with Gasteiger partial charge in [-0.05, 0) is 38.1 Å². The lowest BCUT2D eigenvalue weighted by Gasteiger charge is -2.44. The van der Waals surface area contributed by atoms with Gasteiger partial charge in [-0.3, -0.25) is 4.79 Å². The van der Waals surface area contributed by atoms with Crippen molar-refractivity contribution >= 4 is 11.6 Å². The van der Waals surface area contributed by atoms with Crippen molar-refractivity contribution in [2.24, 2.45) is 0 Å². The fourth-order valence-electron chi connectivity index (χ4n) is 2.73. The molecule has 0 bridgehead atoms. The zero-order valence-corrected chi connectivity index (χ0v) is 12.2. The number of phenolic OH excluding ortho intramolecular Hbond substituents is 1. The molecular formula is C15H24N3O2+. The fraction of sp³-hybridized carbons (Fsp3) is 0.533. The van der Waals surface area contributed by atoms with Gasteiger partial charge in [-0.1, -0.05) is 0 Å². The minimum atomic E-state index is 0.0336. The van der Waals surface area contributed by atoms with Crippen LogP contribution in [0.4, 0.5) is 5.69 Å². The Morgan fingerprint density at radius 1 is 1.30 bits per heavy atom. The predicted molar refractivity (Wildman–Crippen MR) is 79.6 cm³/mol. The highest BCUT2D eigenvalue weighted by atomic mass is 16.3. The van der Waals surface area contributed by atoms with E-state index in [2.05, 4.69) is 24.5 Å². The lowest BCUT2D eigenvalue weighted by Crippen LogP contribution is -2.64. The lowest BCUT2D eigenvalue weighted by atomic mass is 10.1. The highest BCUT2D eigenvalue weighted by molar-refractivity contribution is 5.91. The van der Waals surface area contributed by atoms with Crippen LogP contribution in [0.3, 0.4) is 0 Å². The summed E-state index contributed by atoms with van der Waals surface area (Å²) in [5.74, 6) is 0.238. The molecule has 1 aromatic carbocycles. The first-order chi connectivity index (χ1) is 9.52. The zero-order valence-electron chi connectivity index (χ0n) is 12.2. The van der Waals surface area contributed by atoms with E-state index in [1.807, 2.05) is 0 Å². The van der Waals surface area contributed by atoms with Crippen molar-refractivity contribution in [3.05, 3.63) is 24.3 Å². The molecule has 0 radical (unpaired) electrons. The minimum Gasteiger partial charge on any atom is -0.508 e. The maximum atomic E-state index is 12.3. The van der Waals surface area contributed by atoms with Gasteiger partial charge in [0, 0.05) is 18.8 Å². The highest BCUT2D eigenvalue weighted by Gasteiger charge is 2.35.